The smallest absolute Gasteiger partial charge is 0.264 e. The molecule has 0 atom stereocenters. The Labute approximate surface area is 169 Å². The first-order chi connectivity index (χ1) is 13.3. The second-order valence-electron chi connectivity index (χ2n) is 6.43. The predicted molar refractivity (Wildman–Crippen MR) is 106 cm³/mol. The number of aromatic nitrogens is 1. The number of ether oxygens (including phenoxy) is 2. The number of carbonyl (C=O) groups excluding carboxylic acids is 1. The van der Waals surface area contributed by atoms with Gasteiger partial charge in [-0.3, -0.25) is 4.79 Å². The first kappa shape index (κ1) is 20.4. The first-order valence-corrected chi connectivity index (χ1v) is 10.9. The van der Waals surface area contributed by atoms with Gasteiger partial charge in [-0.25, -0.2) is 18.1 Å². The Kier molecular flexibility index (Phi) is 6.10. The van der Waals surface area contributed by atoms with Gasteiger partial charge in [-0.2, -0.15) is 0 Å². The van der Waals surface area contributed by atoms with Gasteiger partial charge in [-0.05, 0) is 50.5 Å². The second-order valence-corrected chi connectivity index (χ2v) is 8.85. The lowest BCUT2D eigenvalue weighted by molar-refractivity contribution is 0.0981. The van der Waals surface area contributed by atoms with Crippen molar-refractivity contribution in [2.24, 2.45) is 0 Å². The molecular weight excluding hydrogens is 404 g/mol. The quantitative estimate of drug-likeness (QED) is 0.731. The molecule has 9 heteroatoms. The van der Waals surface area contributed by atoms with Crippen molar-refractivity contribution in [3.8, 4) is 22.8 Å². The number of nitrogens with one attached hydrogen (secondary N) is 1. The number of methoxy groups -OCH3 is 1. The fourth-order valence-corrected chi connectivity index (χ4v) is 3.40. The van der Waals surface area contributed by atoms with Crippen molar-refractivity contribution in [2.75, 3.05) is 12.9 Å². The Hall–Kier alpha value is -2.32. The zero-order chi connectivity index (χ0) is 20.3. The van der Waals surface area contributed by atoms with Gasteiger partial charge in [0.2, 0.25) is 15.9 Å². The van der Waals surface area contributed by atoms with E-state index >= 15 is 0 Å². The third-order valence-corrected chi connectivity index (χ3v) is 6.07. The zero-order valence-electron chi connectivity index (χ0n) is 15.6. The molecule has 2 aromatic rings. The molecule has 1 heterocycles. The molecule has 0 saturated heterocycles. The Morgan fingerprint density at radius 1 is 1.32 bits per heavy atom. The number of rotatable bonds is 7. The third-order valence-electron chi connectivity index (χ3n) is 4.54. The molecule has 1 aliphatic rings. The predicted octanol–water partition coefficient (Wildman–Crippen LogP) is 3.42. The molecule has 0 radical (unpaired) electrons. The molecule has 1 fully saturated rings. The molecule has 0 spiro atoms. The van der Waals surface area contributed by atoms with Crippen LogP contribution in [-0.2, 0) is 10.0 Å². The van der Waals surface area contributed by atoms with E-state index in [4.69, 9.17) is 21.1 Å². The summed E-state index contributed by atoms with van der Waals surface area (Å²) < 4.78 is 36.3. The molecule has 1 amide bonds. The lowest BCUT2D eigenvalue weighted by Gasteiger charge is -2.26. The molecule has 28 heavy (non-hydrogen) atoms. The summed E-state index contributed by atoms with van der Waals surface area (Å²) in [7, 11) is -2.18. The minimum absolute atomic E-state index is 0.168. The molecular formula is C19H21ClN2O5S. The summed E-state index contributed by atoms with van der Waals surface area (Å²) >= 11 is 6.31. The Morgan fingerprint density at radius 3 is 2.64 bits per heavy atom. The lowest BCUT2D eigenvalue weighted by Crippen LogP contribution is -2.31. The van der Waals surface area contributed by atoms with Crippen LogP contribution in [0.5, 0.6) is 11.6 Å². The maximum Gasteiger partial charge on any atom is 0.264 e. The highest BCUT2D eigenvalue weighted by molar-refractivity contribution is 7.90. The van der Waals surface area contributed by atoms with Gasteiger partial charge < -0.3 is 9.47 Å². The van der Waals surface area contributed by atoms with E-state index in [0.717, 1.165) is 19.3 Å². The van der Waals surface area contributed by atoms with Crippen LogP contribution in [0.15, 0.2) is 30.5 Å². The number of carbonyl (C=O) groups is 1. The van der Waals surface area contributed by atoms with Crippen LogP contribution < -0.4 is 14.2 Å². The van der Waals surface area contributed by atoms with Crippen molar-refractivity contribution in [1.29, 1.82) is 0 Å². The molecule has 1 aromatic carbocycles. The van der Waals surface area contributed by atoms with E-state index in [9.17, 15) is 13.2 Å². The van der Waals surface area contributed by atoms with Gasteiger partial charge in [0.1, 0.15) is 16.9 Å². The molecule has 1 aliphatic carbocycles. The normalized spacial score (nSPS) is 14.2. The molecule has 1 aromatic heterocycles. The Morgan fingerprint density at radius 2 is 2.07 bits per heavy atom. The van der Waals surface area contributed by atoms with Crippen LogP contribution in [0.4, 0.5) is 0 Å². The standard InChI is InChI=1S/C19H21ClN2O5S/c1-3-28(24,25)22-18(23)12-7-8-15(17(10-12)26-2)13-9-16(20)19(21-11-13)27-14-5-4-6-14/h7-11,14H,3-6H2,1-2H3,(H,22,23). The van der Waals surface area contributed by atoms with Gasteiger partial charge >= 0.3 is 0 Å². The maximum absolute atomic E-state index is 12.2. The molecule has 3 rings (SSSR count). The number of benzene rings is 1. The van der Waals surface area contributed by atoms with Crippen LogP contribution in [0.1, 0.15) is 36.5 Å². The van der Waals surface area contributed by atoms with E-state index in [1.807, 2.05) is 4.72 Å². The highest BCUT2D eigenvalue weighted by atomic mass is 35.5. The van der Waals surface area contributed by atoms with Gasteiger partial charge in [-0.15, -0.1) is 0 Å². The number of hydrogen-bond donors (Lipinski definition) is 1. The highest BCUT2D eigenvalue weighted by Crippen LogP contribution is 2.35. The lowest BCUT2D eigenvalue weighted by atomic mass is 9.96. The van der Waals surface area contributed by atoms with E-state index in [0.29, 0.717) is 27.8 Å². The molecule has 1 saturated carbocycles. The summed E-state index contributed by atoms with van der Waals surface area (Å²) in [6.45, 7) is 1.45. The first-order valence-electron chi connectivity index (χ1n) is 8.88. The number of hydrogen-bond acceptors (Lipinski definition) is 6. The van der Waals surface area contributed by atoms with Crippen molar-refractivity contribution in [2.45, 2.75) is 32.3 Å². The number of sulfonamides is 1. The van der Waals surface area contributed by atoms with E-state index in [1.165, 1.54) is 26.2 Å². The van der Waals surface area contributed by atoms with Gasteiger partial charge in [-0.1, -0.05) is 11.6 Å². The van der Waals surface area contributed by atoms with Crippen LogP contribution in [0.2, 0.25) is 5.02 Å². The highest BCUT2D eigenvalue weighted by Gasteiger charge is 2.22. The van der Waals surface area contributed by atoms with Crippen LogP contribution in [-0.4, -0.2) is 38.3 Å². The van der Waals surface area contributed by atoms with E-state index in [-0.39, 0.29) is 17.4 Å². The minimum Gasteiger partial charge on any atom is -0.496 e. The third kappa shape index (κ3) is 4.56. The van der Waals surface area contributed by atoms with Crippen LogP contribution in [0, 0.1) is 0 Å². The average Bonchev–Trinajstić information content (AvgIpc) is 2.64. The summed E-state index contributed by atoms with van der Waals surface area (Å²) in [6.07, 6.45) is 4.95. The average molecular weight is 425 g/mol. The number of nitrogens with zero attached hydrogens (tertiary/aromatic N) is 1. The van der Waals surface area contributed by atoms with Crippen LogP contribution in [0.3, 0.4) is 0 Å². The molecule has 1 N–H and O–H groups in total. The molecule has 7 nitrogen and oxygen atoms in total. The Bertz CT molecular complexity index is 990. The van der Waals surface area contributed by atoms with Crippen molar-refractivity contribution >= 4 is 27.5 Å². The van der Waals surface area contributed by atoms with Gasteiger partial charge in [0.15, 0.2) is 0 Å². The summed E-state index contributed by atoms with van der Waals surface area (Å²) in [6, 6.07) is 6.38. The molecule has 150 valence electrons. The molecule has 0 unspecified atom stereocenters. The second kappa shape index (κ2) is 8.36. The topological polar surface area (TPSA) is 94.6 Å². The van der Waals surface area contributed by atoms with Crippen LogP contribution in [0.25, 0.3) is 11.1 Å². The van der Waals surface area contributed by atoms with Crippen molar-refractivity contribution in [1.82, 2.24) is 9.71 Å². The van der Waals surface area contributed by atoms with E-state index < -0.39 is 15.9 Å². The van der Waals surface area contributed by atoms with Gasteiger partial charge in [0.05, 0.1) is 12.9 Å². The maximum atomic E-state index is 12.2. The summed E-state index contributed by atoms with van der Waals surface area (Å²) in [5.41, 5.74) is 1.53. The molecule has 0 bridgehead atoms. The largest absolute Gasteiger partial charge is 0.496 e. The van der Waals surface area contributed by atoms with Crippen molar-refractivity contribution in [3.05, 3.63) is 41.0 Å². The summed E-state index contributed by atoms with van der Waals surface area (Å²) in [5.74, 6) is -0.109. The van der Waals surface area contributed by atoms with Gasteiger partial charge in [0, 0.05) is 22.9 Å². The minimum atomic E-state index is -3.65. The van der Waals surface area contributed by atoms with Crippen molar-refractivity contribution in [3.63, 3.8) is 0 Å². The number of halogens is 1. The number of pyridine rings is 1. The Balaban J connectivity index is 1.86. The molecule has 0 aliphatic heterocycles. The number of amides is 1. The monoisotopic (exact) mass is 424 g/mol. The van der Waals surface area contributed by atoms with Crippen molar-refractivity contribution < 1.29 is 22.7 Å². The van der Waals surface area contributed by atoms with E-state index in [1.54, 1.807) is 18.3 Å². The summed E-state index contributed by atoms with van der Waals surface area (Å²) in [4.78, 5) is 16.5. The zero-order valence-corrected chi connectivity index (χ0v) is 17.1. The summed E-state index contributed by atoms with van der Waals surface area (Å²) in [5, 5.41) is 0.391. The van der Waals surface area contributed by atoms with Gasteiger partial charge in [0.25, 0.3) is 5.91 Å². The SMILES string of the molecule is CCS(=O)(=O)NC(=O)c1ccc(-c2cnc(OC3CCC3)c(Cl)c2)c(OC)c1. The fraction of sp³-hybridized carbons (Fsp3) is 0.368. The van der Waals surface area contributed by atoms with Crippen LogP contribution >= 0.6 is 11.6 Å². The van der Waals surface area contributed by atoms with E-state index in [2.05, 4.69) is 4.98 Å². The fourth-order valence-electron chi connectivity index (χ4n) is 2.65.